The van der Waals surface area contributed by atoms with Crippen LogP contribution in [-0.2, 0) is 10.0 Å². The number of nitrogens with zero attached hydrogens (tertiary/aromatic N) is 2. The molecule has 4 aromatic rings. The first-order valence-electron chi connectivity index (χ1n) is 9.16. The van der Waals surface area contributed by atoms with Crippen molar-refractivity contribution in [1.82, 2.24) is 14.3 Å². The Balaban J connectivity index is 1.57. The zero-order valence-electron chi connectivity index (χ0n) is 16.8. The van der Waals surface area contributed by atoms with E-state index in [0.717, 1.165) is 16.7 Å². The van der Waals surface area contributed by atoms with Gasteiger partial charge in [0.25, 0.3) is 15.6 Å². The van der Waals surface area contributed by atoms with Gasteiger partial charge in [0, 0.05) is 11.5 Å². The standard InChI is InChI=1S/C20H15FN4O6S2/c1-31-13-4-2-11-8-17(26)25(19(27)14(11)9-13)16-6-3-12(10-22-16)23-20(28)24-33(29,30)18-7-5-15(21)32-18/h2-10,27H,1H3,(H2,23,24,28). The van der Waals surface area contributed by atoms with Crippen LogP contribution in [0.4, 0.5) is 14.9 Å². The average molecular weight is 490 g/mol. The number of hydrogen-bond acceptors (Lipinski definition) is 8. The molecule has 0 saturated carbocycles. The number of hydrogen-bond donors (Lipinski definition) is 3. The number of rotatable bonds is 5. The van der Waals surface area contributed by atoms with Gasteiger partial charge in [-0.15, -0.1) is 0 Å². The Morgan fingerprint density at radius 1 is 1.18 bits per heavy atom. The summed E-state index contributed by atoms with van der Waals surface area (Å²) in [7, 11) is -2.77. The quantitative estimate of drug-likeness (QED) is 0.391. The summed E-state index contributed by atoms with van der Waals surface area (Å²) >= 11 is 0.375. The first-order chi connectivity index (χ1) is 15.7. The Labute approximate surface area is 190 Å². The van der Waals surface area contributed by atoms with Crippen LogP contribution in [0.2, 0.25) is 0 Å². The van der Waals surface area contributed by atoms with Crippen LogP contribution in [0.5, 0.6) is 11.6 Å². The molecule has 1 aromatic carbocycles. The molecule has 170 valence electrons. The van der Waals surface area contributed by atoms with Gasteiger partial charge < -0.3 is 15.2 Å². The molecule has 0 aliphatic rings. The number of thiophene rings is 1. The van der Waals surface area contributed by atoms with Crippen molar-refractivity contribution in [3.8, 4) is 17.4 Å². The van der Waals surface area contributed by atoms with E-state index in [9.17, 15) is 27.5 Å². The number of carbonyl (C=O) groups is 1. The number of benzene rings is 1. The Hall–Kier alpha value is -3.97. The van der Waals surface area contributed by atoms with Gasteiger partial charge in [-0.05, 0) is 41.8 Å². The lowest BCUT2D eigenvalue weighted by molar-refractivity contribution is 0.256. The molecule has 10 nitrogen and oxygen atoms in total. The maximum atomic E-state index is 13.1. The van der Waals surface area contributed by atoms with E-state index in [1.54, 1.807) is 22.9 Å². The van der Waals surface area contributed by atoms with E-state index in [-0.39, 0.29) is 21.6 Å². The number of amides is 2. The lowest BCUT2D eigenvalue weighted by Crippen LogP contribution is -2.34. The van der Waals surface area contributed by atoms with Crippen molar-refractivity contribution in [2.45, 2.75) is 4.21 Å². The summed E-state index contributed by atoms with van der Waals surface area (Å²) < 4.78 is 44.8. The minimum absolute atomic E-state index is 0.0647. The maximum absolute atomic E-state index is 13.1. The van der Waals surface area contributed by atoms with E-state index in [1.165, 1.54) is 31.5 Å². The van der Waals surface area contributed by atoms with Gasteiger partial charge in [0.1, 0.15) is 15.8 Å². The highest BCUT2D eigenvalue weighted by Crippen LogP contribution is 2.28. The lowest BCUT2D eigenvalue weighted by Gasteiger charge is -2.12. The van der Waals surface area contributed by atoms with Crippen LogP contribution < -0.4 is 20.3 Å². The molecule has 0 radical (unpaired) electrons. The van der Waals surface area contributed by atoms with Crippen molar-refractivity contribution < 1.29 is 27.4 Å². The number of methoxy groups -OCH3 is 1. The van der Waals surface area contributed by atoms with Crippen molar-refractivity contribution in [3.63, 3.8) is 0 Å². The number of fused-ring (bicyclic) bond motifs is 1. The van der Waals surface area contributed by atoms with Gasteiger partial charge in [0.05, 0.1) is 19.0 Å². The highest BCUT2D eigenvalue weighted by Gasteiger charge is 2.20. The first kappa shape index (κ1) is 22.2. The van der Waals surface area contributed by atoms with Crippen LogP contribution in [0.15, 0.2) is 63.7 Å². The third kappa shape index (κ3) is 4.49. The van der Waals surface area contributed by atoms with Crippen LogP contribution in [0.1, 0.15) is 0 Å². The van der Waals surface area contributed by atoms with E-state index in [2.05, 4.69) is 10.3 Å². The number of aromatic nitrogens is 2. The molecule has 0 spiro atoms. The predicted octanol–water partition coefficient (Wildman–Crippen LogP) is 2.81. The molecule has 0 unspecified atom stereocenters. The second kappa shape index (κ2) is 8.52. The molecule has 0 aliphatic heterocycles. The number of ether oxygens (including phenoxy) is 1. The molecule has 3 N–H and O–H groups in total. The summed E-state index contributed by atoms with van der Waals surface area (Å²) in [6.45, 7) is 0. The number of anilines is 1. The number of aromatic hydroxyl groups is 1. The molecule has 3 aromatic heterocycles. The molecule has 13 heteroatoms. The second-order valence-corrected chi connectivity index (χ2v) is 9.56. The number of pyridine rings is 2. The summed E-state index contributed by atoms with van der Waals surface area (Å²) in [5.74, 6) is 0.202. The predicted molar refractivity (Wildman–Crippen MR) is 119 cm³/mol. The van der Waals surface area contributed by atoms with Crippen molar-refractivity contribution in [3.05, 3.63) is 70.2 Å². The fourth-order valence-corrected chi connectivity index (χ4v) is 4.90. The van der Waals surface area contributed by atoms with Gasteiger partial charge in [0.15, 0.2) is 5.13 Å². The Bertz CT molecular complexity index is 1530. The van der Waals surface area contributed by atoms with Crippen molar-refractivity contribution in [1.29, 1.82) is 0 Å². The van der Waals surface area contributed by atoms with Crippen LogP contribution in [0.3, 0.4) is 0 Å². The number of urea groups is 1. The Kier molecular flexibility index (Phi) is 5.74. The highest BCUT2D eigenvalue weighted by atomic mass is 32.2. The topological polar surface area (TPSA) is 140 Å². The molecule has 4 rings (SSSR count). The molecule has 0 aliphatic carbocycles. The highest BCUT2D eigenvalue weighted by molar-refractivity contribution is 7.92. The second-order valence-electron chi connectivity index (χ2n) is 6.62. The van der Waals surface area contributed by atoms with Crippen LogP contribution in [0.25, 0.3) is 16.6 Å². The van der Waals surface area contributed by atoms with Gasteiger partial charge in [-0.1, -0.05) is 17.4 Å². The van der Waals surface area contributed by atoms with Gasteiger partial charge in [-0.25, -0.2) is 27.5 Å². The molecule has 0 atom stereocenters. The summed E-state index contributed by atoms with van der Waals surface area (Å²) in [6, 6.07) is 9.83. The molecule has 0 bridgehead atoms. The van der Waals surface area contributed by atoms with Crippen LogP contribution >= 0.6 is 11.3 Å². The average Bonchev–Trinajstić information content (AvgIpc) is 3.22. The Morgan fingerprint density at radius 2 is 1.97 bits per heavy atom. The molecule has 0 fully saturated rings. The molecule has 0 saturated heterocycles. The minimum atomic E-state index is -4.24. The van der Waals surface area contributed by atoms with E-state index in [0.29, 0.717) is 27.9 Å². The van der Waals surface area contributed by atoms with E-state index in [4.69, 9.17) is 4.74 Å². The zero-order valence-corrected chi connectivity index (χ0v) is 18.4. The van der Waals surface area contributed by atoms with Gasteiger partial charge in [-0.3, -0.25) is 4.79 Å². The molecule has 3 heterocycles. The molecule has 2 amide bonds. The number of halogens is 1. The number of nitrogens with one attached hydrogen (secondary N) is 2. The largest absolute Gasteiger partial charge is 0.497 e. The zero-order chi connectivity index (χ0) is 23.8. The molecular weight excluding hydrogens is 475 g/mol. The fraction of sp³-hybridized carbons (Fsp3) is 0.0500. The maximum Gasteiger partial charge on any atom is 0.333 e. The molecular formula is C20H15FN4O6S2. The van der Waals surface area contributed by atoms with E-state index < -0.39 is 26.7 Å². The van der Waals surface area contributed by atoms with Crippen molar-refractivity contribution in [2.24, 2.45) is 0 Å². The van der Waals surface area contributed by atoms with E-state index in [1.807, 2.05) is 0 Å². The summed E-state index contributed by atoms with van der Waals surface area (Å²) in [4.78, 5) is 28.6. The summed E-state index contributed by atoms with van der Waals surface area (Å²) in [5.41, 5.74) is -0.427. The third-order valence-electron chi connectivity index (χ3n) is 4.49. The first-order valence-corrected chi connectivity index (χ1v) is 11.5. The van der Waals surface area contributed by atoms with Crippen LogP contribution in [-0.4, -0.2) is 36.2 Å². The minimum Gasteiger partial charge on any atom is -0.497 e. The van der Waals surface area contributed by atoms with Gasteiger partial charge in [0.2, 0.25) is 5.88 Å². The monoisotopic (exact) mass is 490 g/mol. The summed E-state index contributed by atoms with van der Waals surface area (Å²) in [6.07, 6.45) is 1.17. The SMILES string of the molecule is COc1ccc2cc(=O)n(-c3ccc(NC(=O)NS(=O)(=O)c4ccc(F)s4)cn3)c(O)c2c1. The van der Waals surface area contributed by atoms with Crippen molar-refractivity contribution >= 4 is 43.9 Å². The van der Waals surface area contributed by atoms with E-state index >= 15 is 0 Å². The number of sulfonamides is 1. The van der Waals surface area contributed by atoms with Gasteiger partial charge in [-0.2, -0.15) is 4.39 Å². The normalized spacial score (nSPS) is 11.3. The third-order valence-corrected chi connectivity index (χ3v) is 7.18. The molecule has 33 heavy (non-hydrogen) atoms. The summed E-state index contributed by atoms with van der Waals surface area (Å²) in [5, 5.41) is 13.1. The smallest absolute Gasteiger partial charge is 0.333 e. The fourth-order valence-electron chi connectivity index (χ4n) is 2.99. The number of carbonyl (C=O) groups excluding carboxylic acids is 1. The Morgan fingerprint density at radius 3 is 2.61 bits per heavy atom. The van der Waals surface area contributed by atoms with Crippen LogP contribution in [0, 0.1) is 5.13 Å². The van der Waals surface area contributed by atoms with Gasteiger partial charge >= 0.3 is 6.03 Å². The van der Waals surface area contributed by atoms with Crippen molar-refractivity contribution in [2.75, 3.05) is 12.4 Å². The lowest BCUT2D eigenvalue weighted by atomic mass is 10.1.